The molecule has 5 nitrogen and oxygen atoms in total. The minimum Gasteiger partial charge on any atom is -0.285 e. The van der Waals surface area contributed by atoms with Crippen LogP contribution in [0.5, 0.6) is 0 Å². The van der Waals surface area contributed by atoms with Crippen molar-refractivity contribution in [1.29, 1.82) is 0 Å². The fraction of sp³-hybridized carbons (Fsp3) is 0.273. The van der Waals surface area contributed by atoms with Crippen LogP contribution in [0.2, 0.25) is 5.02 Å². The molecule has 88 valence electrons. The fourth-order valence-corrected chi connectivity index (χ4v) is 1.73. The molecule has 2 aromatic heterocycles. The Morgan fingerprint density at radius 3 is 2.88 bits per heavy atom. The topological polar surface area (TPSA) is 60.7 Å². The Kier molecular flexibility index (Phi) is 3.49. The van der Waals surface area contributed by atoms with Gasteiger partial charge in [0.25, 0.3) is 0 Å². The van der Waals surface area contributed by atoms with Gasteiger partial charge in [-0.2, -0.15) is 5.10 Å². The average Bonchev–Trinajstić information content (AvgIpc) is 2.71. The van der Waals surface area contributed by atoms with Crippen LogP contribution in [-0.2, 0) is 6.54 Å². The molecule has 0 aliphatic rings. The summed E-state index contributed by atoms with van der Waals surface area (Å²) in [5.74, 6) is -0.256. The highest BCUT2D eigenvalue weighted by atomic mass is 35.5. The number of aryl methyl sites for hydroxylation is 1. The number of halogens is 1. The van der Waals surface area contributed by atoms with Crippen LogP contribution in [0.1, 0.15) is 29.5 Å². The Bertz CT molecular complexity index is 524. The Labute approximate surface area is 103 Å². The maximum Gasteiger partial charge on any atom is 0.232 e. The highest BCUT2D eigenvalue weighted by Gasteiger charge is 2.19. The second kappa shape index (κ2) is 5.05. The molecule has 2 aromatic rings. The van der Waals surface area contributed by atoms with E-state index in [1.807, 2.05) is 6.92 Å². The van der Waals surface area contributed by atoms with Crippen LogP contribution >= 0.6 is 11.6 Å². The van der Waals surface area contributed by atoms with Crippen molar-refractivity contribution in [2.45, 2.75) is 19.9 Å². The summed E-state index contributed by atoms with van der Waals surface area (Å²) in [6.07, 6.45) is 6.75. The van der Waals surface area contributed by atoms with Crippen molar-refractivity contribution in [1.82, 2.24) is 19.7 Å². The molecular formula is C11H11ClN4O. The molecular weight excluding hydrogens is 240 g/mol. The van der Waals surface area contributed by atoms with Crippen molar-refractivity contribution in [3.63, 3.8) is 0 Å². The molecule has 17 heavy (non-hydrogen) atoms. The zero-order valence-electron chi connectivity index (χ0n) is 9.30. The smallest absolute Gasteiger partial charge is 0.232 e. The van der Waals surface area contributed by atoms with Gasteiger partial charge >= 0.3 is 0 Å². The van der Waals surface area contributed by atoms with E-state index in [-0.39, 0.29) is 11.5 Å². The maximum atomic E-state index is 12.2. The zero-order valence-corrected chi connectivity index (χ0v) is 10.1. The summed E-state index contributed by atoms with van der Waals surface area (Å²) in [5.41, 5.74) is 0.640. The summed E-state index contributed by atoms with van der Waals surface area (Å²) in [6.45, 7) is 2.65. The summed E-state index contributed by atoms with van der Waals surface area (Å²) >= 11 is 5.97. The molecule has 2 heterocycles. The lowest BCUT2D eigenvalue weighted by atomic mass is 10.2. The van der Waals surface area contributed by atoms with Crippen molar-refractivity contribution in [3.05, 3.63) is 41.2 Å². The van der Waals surface area contributed by atoms with Crippen molar-refractivity contribution >= 4 is 17.4 Å². The molecule has 0 N–H and O–H groups in total. The van der Waals surface area contributed by atoms with E-state index < -0.39 is 0 Å². The van der Waals surface area contributed by atoms with E-state index in [9.17, 15) is 4.79 Å². The molecule has 2 rings (SSSR count). The predicted octanol–water partition coefficient (Wildman–Crippen LogP) is 1.97. The van der Waals surface area contributed by atoms with Gasteiger partial charge in [-0.3, -0.25) is 14.5 Å². The van der Waals surface area contributed by atoms with Crippen LogP contribution in [0.3, 0.4) is 0 Å². The second-order valence-corrected chi connectivity index (χ2v) is 3.89. The van der Waals surface area contributed by atoms with Crippen molar-refractivity contribution in [2.24, 2.45) is 0 Å². The van der Waals surface area contributed by atoms with E-state index >= 15 is 0 Å². The first-order chi connectivity index (χ1) is 8.24. The quantitative estimate of drug-likeness (QED) is 0.779. The number of rotatable bonds is 4. The number of nitrogens with zero attached hydrogens (tertiary/aromatic N) is 4. The zero-order chi connectivity index (χ0) is 12.3. The highest BCUT2D eigenvalue weighted by Crippen LogP contribution is 2.18. The first-order valence-electron chi connectivity index (χ1n) is 5.26. The summed E-state index contributed by atoms with van der Waals surface area (Å²) in [5, 5.41) is 4.41. The highest BCUT2D eigenvalue weighted by molar-refractivity contribution is 6.34. The normalized spacial score (nSPS) is 10.5. The molecule has 6 heteroatoms. The first-order valence-corrected chi connectivity index (χ1v) is 5.64. The van der Waals surface area contributed by atoms with Gasteiger partial charge in [-0.05, 0) is 6.42 Å². The van der Waals surface area contributed by atoms with E-state index in [2.05, 4.69) is 15.1 Å². The van der Waals surface area contributed by atoms with E-state index in [0.717, 1.165) is 6.42 Å². The second-order valence-electron chi connectivity index (χ2n) is 3.48. The van der Waals surface area contributed by atoms with Gasteiger partial charge in [0.05, 0.1) is 17.4 Å². The third kappa shape index (κ3) is 2.34. The Hall–Kier alpha value is -1.75. The SMILES string of the molecule is CCCn1ncc(Cl)c1C(=O)c1cnccn1. The number of carbonyl (C=O) groups is 1. The molecule has 0 radical (unpaired) electrons. The molecule has 0 spiro atoms. The Balaban J connectivity index is 2.40. The van der Waals surface area contributed by atoms with Crippen LogP contribution in [0.4, 0.5) is 0 Å². The molecule has 0 amide bonds. The number of hydrogen-bond acceptors (Lipinski definition) is 4. The van der Waals surface area contributed by atoms with Crippen LogP contribution in [0.15, 0.2) is 24.8 Å². The molecule has 0 aromatic carbocycles. The number of hydrogen-bond donors (Lipinski definition) is 0. The minimum absolute atomic E-state index is 0.256. The number of carbonyl (C=O) groups excluding carboxylic acids is 1. The summed E-state index contributed by atoms with van der Waals surface area (Å²) < 4.78 is 1.60. The lowest BCUT2D eigenvalue weighted by Gasteiger charge is -2.04. The molecule has 0 bridgehead atoms. The van der Waals surface area contributed by atoms with E-state index in [1.54, 1.807) is 4.68 Å². The van der Waals surface area contributed by atoms with Gasteiger partial charge in [0.2, 0.25) is 5.78 Å². The average molecular weight is 251 g/mol. The van der Waals surface area contributed by atoms with E-state index in [0.29, 0.717) is 17.3 Å². The van der Waals surface area contributed by atoms with Crippen LogP contribution < -0.4 is 0 Å². The number of aromatic nitrogens is 4. The minimum atomic E-state index is -0.256. The number of ketones is 1. The molecule has 0 unspecified atom stereocenters. The lowest BCUT2D eigenvalue weighted by Crippen LogP contribution is -2.13. The molecule has 0 saturated carbocycles. The maximum absolute atomic E-state index is 12.2. The van der Waals surface area contributed by atoms with Crippen LogP contribution in [0.25, 0.3) is 0 Å². The van der Waals surface area contributed by atoms with Gasteiger partial charge in [-0.1, -0.05) is 18.5 Å². The Morgan fingerprint density at radius 1 is 1.41 bits per heavy atom. The summed E-state index contributed by atoms with van der Waals surface area (Å²) in [7, 11) is 0. The van der Waals surface area contributed by atoms with E-state index in [4.69, 9.17) is 11.6 Å². The first kappa shape index (κ1) is 11.7. The van der Waals surface area contributed by atoms with Crippen molar-refractivity contribution in [3.8, 4) is 0 Å². The van der Waals surface area contributed by atoms with Gasteiger partial charge in [0.1, 0.15) is 11.4 Å². The molecule has 0 aliphatic carbocycles. The van der Waals surface area contributed by atoms with Gasteiger partial charge in [-0.25, -0.2) is 4.98 Å². The fourth-order valence-electron chi connectivity index (χ4n) is 1.51. The lowest BCUT2D eigenvalue weighted by molar-refractivity contribution is 0.102. The Morgan fingerprint density at radius 2 is 2.24 bits per heavy atom. The summed E-state index contributed by atoms with van der Waals surface area (Å²) in [4.78, 5) is 20.0. The van der Waals surface area contributed by atoms with Crippen molar-refractivity contribution in [2.75, 3.05) is 0 Å². The van der Waals surface area contributed by atoms with Gasteiger partial charge in [0.15, 0.2) is 0 Å². The van der Waals surface area contributed by atoms with Gasteiger partial charge in [-0.15, -0.1) is 0 Å². The molecule has 0 aliphatic heterocycles. The van der Waals surface area contributed by atoms with Crippen LogP contribution in [-0.4, -0.2) is 25.5 Å². The predicted molar refractivity (Wildman–Crippen MR) is 63.0 cm³/mol. The van der Waals surface area contributed by atoms with Crippen molar-refractivity contribution < 1.29 is 4.79 Å². The standard InChI is InChI=1S/C11H11ClN4O/c1-2-5-16-10(8(12)6-15-16)11(17)9-7-13-3-4-14-9/h3-4,6-7H,2,5H2,1H3. The molecule has 0 fully saturated rings. The van der Waals surface area contributed by atoms with Crippen LogP contribution in [0, 0.1) is 0 Å². The third-order valence-electron chi connectivity index (χ3n) is 2.24. The molecule has 0 atom stereocenters. The van der Waals surface area contributed by atoms with Gasteiger partial charge < -0.3 is 0 Å². The largest absolute Gasteiger partial charge is 0.285 e. The monoisotopic (exact) mass is 250 g/mol. The van der Waals surface area contributed by atoms with E-state index in [1.165, 1.54) is 24.8 Å². The van der Waals surface area contributed by atoms with Gasteiger partial charge in [0, 0.05) is 18.9 Å². The third-order valence-corrected chi connectivity index (χ3v) is 2.52. The summed E-state index contributed by atoms with van der Waals surface area (Å²) in [6, 6.07) is 0. The molecule has 0 saturated heterocycles.